The number of nitrogens with one attached hydrogen (secondary N) is 2. The fourth-order valence-electron chi connectivity index (χ4n) is 1.83. The van der Waals surface area contributed by atoms with Gasteiger partial charge >= 0.3 is 6.36 Å². The smallest absolute Gasteiger partial charge is 0.406 e. The highest BCUT2D eigenvalue weighted by molar-refractivity contribution is 5.80. The summed E-state index contributed by atoms with van der Waals surface area (Å²) in [4.78, 5) is 4.29. The number of benzene rings is 1. The van der Waals surface area contributed by atoms with Crippen LogP contribution in [0, 0.1) is 0 Å². The summed E-state index contributed by atoms with van der Waals surface area (Å²) >= 11 is 0. The molecule has 0 fully saturated rings. The quantitative estimate of drug-likeness (QED) is 0.524. The molecule has 1 rings (SSSR count). The van der Waals surface area contributed by atoms with Crippen molar-refractivity contribution in [3.63, 3.8) is 0 Å². The highest BCUT2D eigenvalue weighted by Gasteiger charge is 2.31. The van der Waals surface area contributed by atoms with Crippen LogP contribution in [-0.4, -0.2) is 36.6 Å². The van der Waals surface area contributed by atoms with E-state index in [0.717, 1.165) is 6.42 Å². The molecular weight excluding hydrogens is 323 g/mol. The lowest BCUT2D eigenvalue weighted by molar-refractivity contribution is -0.274. The van der Waals surface area contributed by atoms with Crippen LogP contribution in [-0.2, 0) is 0 Å². The van der Waals surface area contributed by atoms with E-state index in [2.05, 4.69) is 20.4 Å². The molecule has 5 nitrogen and oxygen atoms in total. The number of rotatable bonds is 7. The second-order valence-corrected chi connectivity index (χ2v) is 5.31. The minimum Gasteiger partial charge on any atom is -0.406 e. The maximum absolute atomic E-state index is 12.1. The molecule has 0 saturated carbocycles. The van der Waals surface area contributed by atoms with Gasteiger partial charge < -0.3 is 20.5 Å². The zero-order valence-electron chi connectivity index (χ0n) is 14.0. The number of halogens is 3. The summed E-state index contributed by atoms with van der Waals surface area (Å²) in [5.74, 6) is 0.261. The number of nitrogens with zero attached hydrogens (tertiary/aromatic N) is 1. The third kappa shape index (κ3) is 7.54. The molecular formula is C16H24F3N3O2. The van der Waals surface area contributed by atoms with E-state index in [1.54, 1.807) is 0 Å². The van der Waals surface area contributed by atoms with Crippen molar-refractivity contribution < 1.29 is 23.0 Å². The molecule has 8 heteroatoms. The van der Waals surface area contributed by atoms with Crippen LogP contribution in [0.5, 0.6) is 5.75 Å². The Kier molecular flexibility index (Phi) is 7.84. The first-order valence-electron chi connectivity index (χ1n) is 7.83. The van der Waals surface area contributed by atoms with E-state index in [9.17, 15) is 18.3 Å². The molecule has 2 unspecified atom stereocenters. The van der Waals surface area contributed by atoms with Crippen LogP contribution in [0.3, 0.4) is 0 Å². The number of aliphatic hydroxyl groups excluding tert-OH is 1. The first kappa shape index (κ1) is 20.1. The van der Waals surface area contributed by atoms with Gasteiger partial charge in [-0.2, -0.15) is 0 Å². The van der Waals surface area contributed by atoms with Crippen molar-refractivity contribution in [3.05, 3.63) is 29.8 Å². The standard InChI is InChI=1S/C16H24F3N3O2/c1-4-11(3)22-15(20-5-2)21-10-14(23)12-6-8-13(9-7-12)24-16(17,18)19/h6-9,11,14,23H,4-5,10H2,1-3H3,(H2,20,21,22). The molecule has 0 bridgehead atoms. The minimum absolute atomic E-state index is 0.0885. The fourth-order valence-corrected chi connectivity index (χ4v) is 1.83. The van der Waals surface area contributed by atoms with Crippen molar-refractivity contribution in [2.24, 2.45) is 4.99 Å². The van der Waals surface area contributed by atoms with Crippen LogP contribution < -0.4 is 15.4 Å². The first-order valence-corrected chi connectivity index (χ1v) is 7.83. The number of hydrogen-bond acceptors (Lipinski definition) is 3. The van der Waals surface area contributed by atoms with Gasteiger partial charge in [-0.1, -0.05) is 19.1 Å². The van der Waals surface area contributed by atoms with E-state index in [0.29, 0.717) is 18.1 Å². The summed E-state index contributed by atoms with van der Waals surface area (Å²) in [6.07, 6.45) is -4.72. The molecule has 0 aliphatic carbocycles. The molecule has 1 aromatic rings. The highest BCUT2D eigenvalue weighted by Crippen LogP contribution is 2.24. The maximum Gasteiger partial charge on any atom is 0.573 e. The van der Waals surface area contributed by atoms with Crippen LogP contribution in [0.4, 0.5) is 13.2 Å². The topological polar surface area (TPSA) is 65.9 Å². The summed E-state index contributed by atoms with van der Waals surface area (Å²) in [5.41, 5.74) is 0.465. The molecule has 0 radical (unpaired) electrons. The van der Waals surface area contributed by atoms with E-state index in [-0.39, 0.29) is 18.3 Å². The lowest BCUT2D eigenvalue weighted by atomic mass is 10.1. The molecule has 0 aliphatic rings. The van der Waals surface area contributed by atoms with Crippen molar-refractivity contribution in [1.29, 1.82) is 0 Å². The largest absolute Gasteiger partial charge is 0.573 e. The van der Waals surface area contributed by atoms with Crippen molar-refractivity contribution in [3.8, 4) is 5.75 Å². The summed E-state index contributed by atoms with van der Waals surface area (Å²) in [5, 5.41) is 16.4. The number of ether oxygens (including phenoxy) is 1. The van der Waals surface area contributed by atoms with Gasteiger partial charge in [-0.05, 0) is 38.0 Å². The van der Waals surface area contributed by atoms with Crippen molar-refractivity contribution in [1.82, 2.24) is 10.6 Å². The fraction of sp³-hybridized carbons (Fsp3) is 0.562. The number of aliphatic hydroxyl groups is 1. The Morgan fingerprint density at radius 3 is 2.38 bits per heavy atom. The van der Waals surface area contributed by atoms with E-state index >= 15 is 0 Å². The van der Waals surface area contributed by atoms with Crippen LogP contribution in [0.2, 0.25) is 0 Å². The second-order valence-electron chi connectivity index (χ2n) is 5.31. The zero-order valence-corrected chi connectivity index (χ0v) is 14.0. The number of alkyl halides is 3. The zero-order chi connectivity index (χ0) is 18.2. The monoisotopic (exact) mass is 347 g/mol. The third-order valence-corrected chi connectivity index (χ3v) is 3.26. The van der Waals surface area contributed by atoms with Crippen LogP contribution in [0.15, 0.2) is 29.3 Å². The van der Waals surface area contributed by atoms with Crippen LogP contribution in [0.1, 0.15) is 38.9 Å². The van der Waals surface area contributed by atoms with E-state index in [4.69, 9.17) is 0 Å². The molecule has 2 atom stereocenters. The molecule has 0 saturated heterocycles. The first-order chi connectivity index (χ1) is 11.2. The summed E-state index contributed by atoms with van der Waals surface area (Å²) < 4.78 is 40.1. The van der Waals surface area contributed by atoms with Gasteiger partial charge in [0.1, 0.15) is 5.75 Å². The Hall–Kier alpha value is -1.96. The molecule has 24 heavy (non-hydrogen) atoms. The van der Waals surface area contributed by atoms with Gasteiger partial charge in [0.05, 0.1) is 12.6 Å². The maximum atomic E-state index is 12.1. The Balaban J connectivity index is 2.68. The molecule has 136 valence electrons. The average Bonchev–Trinajstić information content (AvgIpc) is 2.51. The lowest BCUT2D eigenvalue weighted by Crippen LogP contribution is -2.42. The Labute approximate surface area is 139 Å². The molecule has 3 N–H and O–H groups in total. The summed E-state index contributed by atoms with van der Waals surface area (Å²) in [7, 11) is 0. The molecule has 0 amide bonds. The number of aliphatic imine (C=N–C) groups is 1. The van der Waals surface area contributed by atoms with E-state index in [1.807, 2.05) is 20.8 Å². The highest BCUT2D eigenvalue weighted by atomic mass is 19.4. The third-order valence-electron chi connectivity index (χ3n) is 3.26. The lowest BCUT2D eigenvalue weighted by Gasteiger charge is -2.17. The van der Waals surface area contributed by atoms with Gasteiger partial charge in [-0.3, -0.25) is 4.99 Å². The Morgan fingerprint density at radius 2 is 1.88 bits per heavy atom. The second kappa shape index (κ2) is 9.36. The van der Waals surface area contributed by atoms with Gasteiger partial charge in [0.25, 0.3) is 0 Å². The summed E-state index contributed by atoms with van der Waals surface area (Å²) in [6, 6.07) is 5.34. The predicted molar refractivity (Wildman–Crippen MR) is 87.0 cm³/mol. The normalized spacial score (nSPS) is 14.9. The van der Waals surface area contributed by atoms with E-state index < -0.39 is 12.5 Å². The van der Waals surface area contributed by atoms with Crippen LogP contribution in [0.25, 0.3) is 0 Å². The number of hydrogen-bond donors (Lipinski definition) is 3. The van der Waals surface area contributed by atoms with Crippen molar-refractivity contribution in [2.45, 2.75) is 45.7 Å². The van der Waals surface area contributed by atoms with Crippen molar-refractivity contribution in [2.75, 3.05) is 13.1 Å². The van der Waals surface area contributed by atoms with Gasteiger partial charge in [0.15, 0.2) is 5.96 Å². The summed E-state index contributed by atoms with van der Waals surface area (Å²) in [6.45, 7) is 6.76. The Morgan fingerprint density at radius 1 is 1.25 bits per heavy atom. The number of guanidine groups is 1. The molecule has 0 spiro atoms. The predicted octanol–water partition coefficient (Wildman–Crippen LogP) is 2.97. The minimum atomic E-state index is -4.73. The molecule has 1 aromatic carbocycles. The van der Waals surface area contributed by atoms with Gasteiger partial charge in [-0.15, -0.1) is 13.2 Å². The molecule has 0 aromatic heterocycles. The average molecular weight is 347 g/mol. The van der Waals surface area contributed by atoms with Gasteiger partial charge in [0, 0.05) is 12.6 Å². The molecule has 0 aliphatic heterocycles. The Bertz CT molecular complexity index is 518. The van der Waals surface area contributed by atoms with Gasteiger partial charge in [0.2, 0.25) is 0 Å². The van der Waals surface area contributed by atoms with Gasteiger partial charge in [-0.25, -0.2) is 0 Å². The SMILES string of the molecule is CCNC(=NCC(O)c1ccc(OC(F)(F)F)cc1)NC(C)CC. The van der Waals surface area contributed by atoms with Crippen LogP contribution >= 0.6 is 0 Å². The molecule has 0 heterocycles. The van der Waals surface area contributed by atoms with Crippen molar-refractivity contribution >= 4 is 5.96 Å². The van der Waals surface area contributed by atoms with E-state index in [1.165, 1.54) is 24.3 Å².